The molecule has 0 aromatic heterocycles. The van der Waals surface area contributed by atoms with E-state index in [4.69, 9.17) is 4.74 Å². The maximum absolute atomic E-state index is 12.2. The molecule has 0 atom stereocenters. The predicted molar refractivity (Wildman–Crippen MR) is 138 cm³/mol. The summed E-state index contributed by atoms with van der Waals surface area (Å²) in [6.07, 6.45) is 27.8. The van der Waals surface area contributed by atoms with Crippen LogP contribution in [0.2, 0.25) is 0 Å². The van der Waals surface area contributed by atoms with Crippen molar-refractivity contribution in [1.29, 1.82) is 0 Å². The molecule has 2 nitrogen and oxygen atoms in total. The average molecular weight is 439 g/mol. The molecule has 0 amide bonds. The van der Waals surface area contributed by atoms with Crippen molar-refractivity contribution in [1.82, 2.24) is 0 Å². The third-order valence-corrected chi connectivity index (χ3v) is 6.47. The first-order chi connectivity index (χ1) is 15.1. The fraction of sp³-hybridized carbons (Fsp3) is 0.966. The molecule has 0 aromatic rings. The van der Waals surface area contributed by atoms with Crippen LogP contribution in [0.25, 0.3) is 0 Å². The van der Waals surface area contributed by atoms with Crippen molar-refractivity contribution in [2.24, 2.45) is 5.92 Å². The highest BCUT2D eigenvalue weighted by Crippen LogP contribution is 2.17. The summed E-state index contributed by atoms with van der Waals surface area (Å²) in [4.78, 5) is 12.2. The highest BCUT2D eigenvalue weighted by Gasteiger charge is 2.13. The van der Waals surface area contributed by atoms with E-state index in [-0.39, 0.29) is 12.1 Å². The zero-order chi connectivity index (χ0) is 23.0. The van der Waals surface area contributed by atoms with Crippen molar-refractivity contribution in [2.45, 2.75) is 175 Å². The van der Waals surface area contributed by atoms with E-state index in [0.29, 0.717) is 6.42 Å². The lowest BCUT2D eigenvalue weighted by molar-refractivity contribution is -0.150. The Morgan fingerprint density at radius 2 is 0.935 bits per heavy atom. The molecule has 0 unspecified atom stereocenters. The maximum Gasteiger partial charge on any atom is 0.306 e. The summed E-state index contributed by atoms with van der Waals surface area (Å²) in [5.74, 6) is 0.917. The van der Waals surface area contributed by atoms with Crippen LogP contribution in [0, 0.1) is 5.92 Å². The van der Waals surface area contributed by atoms with Crippen molar-refractivity contribution in [3.05, 3.63) is 0 Å². The molecule has 0 saturated heterocycles. The maximum atomic E-state index is 12.2. The molecule has 0 aliphatic rings. The minimum Gasteiger partial charge on any atom is -0.462 e. The van der Waals surface area contributed by atoms with E-state index in [1.54, 1.807) is 0 Å². The molecule has 0 fully saturated rings. The molecular formula is C29H58O2. The zero-order valence-corrected chi connectivity index (χ0v) is 22.0. The number of unbranched alkanes of at least 4 members (excludes halogenated alkanes) is 15. The average Bonchev–Trinajstić information content (AvgIpc) is 2.74. The van der Waals surface area contributed by atoms with Crippen molar-refractivity contribution < 1.29 is 9.53 Å². The summed E-state index contributed by atoms with van der Waals surface area (Å²) >= 11 is 0. The fourth-order valence-electron chi connectivity index (χ4n) is 4.34. The Kier molecular flexibility index (Phi) is 23.7. The first-order valence-electron chi connectivity index (χ1n) is 14.3. The molecule has 0 aliphatic heterocycles. The van der Waals surface area contributed by atoms with Crippen LogP contribution in [-0.4, -0.2) is 12.1 Å². The van der Waals surface area contributed by atoms with E-state index < -0.39 is 0 Å². The van der Waals surface area contributed by atoms with Gasteiger partial charge in [0.25, 0.3) is 0 Å². The molecule has 0 aliphatic carbocycles. The van der Waals surface area contributed by atoms with Gasteiger partial charge >= 0.3 is 5.97 Å². The van der Waals surface area contributed by atoms with Crippen LogP contribution in [0.3, 0.4) is 0 Å². The van der Waals surface area contributed by atoms with Crippen molar-refractivity contribution in [3.63, 3.8) is 0 Å². The van der Waals surface area contributed by atoms with Gasteiger partial charge in [-0.2, -0.15) is 0 Å². The fourth-order valence-corrected chi connectivity index (χ4v) is 4.34. The van der Waals surface area contributed by atoms with E-state index in [9.17, 15) is 4.79 Å². The third-order valence-electron chi connectivity index (χ3n) is 6.47. The second-order valence-electron chi connectivity index (χ2n) is 10.3. The summed E-state index contributed by atoms with van der Waals surface area (Å²) in [5, 5.41) is 0. The summed E-state index contributed by atoms with van der Waals surface area (Å²) in [6, 6.07) is 0. The monoisotopic (exact) mass is 438 g/mol. The molecule has 0 bridgehead atoms. The largest absolute Gasteiger partial charge is 0.462 e. The van der Waals surface area contributed by atoms with E-state index in [1.807, 2.05) is 0 Å². The predicted octanol–water partition coefficient (Wildman–Crippen LogP) is 10.2. The first-order valence-corrected chi connectivity index (χ1v) is 14.3. The van der Waals surface area contributed by atoms with E-state index in [1.165, 1.54) is 116 Å². The zero-order valence-electron chi connectivity index (χ0n) is 22.0. The van der Waals surface area contributed by atoms with Crippen LogP contribution in [0.5, 0.6) is 0 Å². The minimum atomic E-state index is 0.0476. The molecule has 0 N–H and O–H groups in total. The van der Waals surface area contributed by atoms with E-state index >= 15 is 0 Å². The Bertz CT molecular complexity index is 354. The molecule has 0 aromatic carbocycles. The Labute approximate surface area is 196 Å². The first kappa shape index (κ1) is 30.5. The van der Waals surface area contributed by atoms with Gasteiger partial charge in [0.05, 0.1) is 0 Å². The van der Waals surface area contributed by atoms with E-state index in [0.717, 1.165) is 25.2 Å². The van der Waals surface area contributed by atoms with Crippen molar-refractivity contribution in [2.75, 3.05) is 0 Å². The molecule has 0 saturated carbocycles. The number of carbonyl (C=O) groups is 1. The summed E-state index contributed by atoms with van der Waals surface area (Å²) in [7, 11) is 0. The van der Waals surface area contributed by atoms with Crippen molar-refractivity contribution in [3.8, 4) is 0 Å². The van der Waals surface area contributed by atoms with Gasteiger partial charge in [-0.3, -0.25) is 4.79 Å². The molecule has 0 heterocycles. The molecular weight excluding hydrogens is 380 g/mol. The quantitative estimate of drug-likeness (QED) is 0.111. The normalized spacial score (nSPS) is 11.5. The molecule has 31 heavy (non-hydrogen) atoms. The number of hydrogen-bond acceptors (Lipinski definition) is 2. The minimum absolute atomic E-state index is 0.0476. The van der Waals surface area contributed by atoms with Crippen LogP contribution in [0.1, 0.15) is 169 Å². The Morgan fingerprint density at radius 3 is 1.35 bits per heavy atom. The summed E-state index contributed by atoms with van der Waals surface area (Å²) < 4.78 is 5.82. The van der Waals surface area contributed by atoms with Gasteiger partial charge in [-0.1, -0.05) is 130 Å². The highest BCUT2D eigenvalue weighted by molar-refractivity contribution is 5.69. The lowest BCUT2D eigenvalue weighted by Gasteiger charge is -2.18. The lowest BCUT2D eigenvalue weighted by atomic mass is 10.0. The smallest absolute Gasteiger partial charge is 0.306 e. The summed E-state index contributed by atoms with van der Waals surface area (Å²) in [6.45, 7) is 9.11. The Hall–Kier alpha value is -0.530. The van der Waals surface area contributed by atoms with Gasteiger partial charge in [0.15, 0.2) is 0 Å². The topological polar surface area (TPSA) is 26.3 Å². The van der Waals surface area contributed by atoms with E-state index in [2.05, 4.69) is 27.7 Å². The molecule has 0 rings (SSSR count). The molecule has 0 spiro atoms. The number of rotatable bonds is 24. The SMILES string of the molecule is CCCCCC(CCCCC)OC(=O)CCCCCCCCCCCCCCC(C)C. The highest BCUT2D eigenvalue weighted by atomic mass is 16.5. The van der Waals surface area contributed by atoms with Gasteiger partial charge in [0.1, 0.15) is 6.10 Å². The van der Waals surface area contributed by atoms with Crippen LogP contribution in [-0.2, 0) is 9.53 Å². The third kappa shape index (κ3) is 24.0. The van der Waals surface area contributed by atoms with Crippen LogP contribution >= 0.6 is 0 Å². The second kappa shape index (κ2) is 24.1. The second-order valence-corrected chi connectivity index (χ2v) is 10.3. The van der Waals surface area contributed by atoms with Gasteiger partial charge in [-0.25, -0.2) is 0 Å². The lowest BCUT2D eigenvalue weighted by Crippen LogP contribution is -2.18. The molecule has 2 heteroatoms. The summed E-state index contributed by atoms with van der Waals surface area (Å²) in [5.41, 5.74) is 0. The van der Waals surface area contributed by atoms with Gasteiger partial charge in [-0.05, 0) is 38.0 Å². The Morgan fingerprint density at radius 1 is 0.548 bits per heavy atom. The van der Waals surface area contributed by atoms with Gasteiger partial charge < -0.3 is 4.74 Å². The van der Waals surface area contributed by atoms with Crippen LogP contribution < -0.4 is 0 Å². The molecule has 0 radical (unpaired) electrons. The van der Waals surface area contributed by atoms with Gasteiger partial charge in [-0.15, -0.1) is 0 Å². The number of carbonyl (C=O) groups excluding carboxylic acids is 1. The van der Waals surface area contributed by atoms with Gasteiger partial charge in [0, 0.05) is 6.42 Å². The van der Waals surface area contributed by atoms with Crippen LogP contribution in [0.4, 0.5) is 0 Å². The molecule has 186 valence electrons. The number of hydrogen-bond donors (Lipinski definition) is 0. The van der Waals surface area contributed by atoms with Gasteiger partial charge in [0.2, 0.25) is 0 Å². The van der Waals surface area contributed by atoms with Crippen LogP contribution in [0.15, 0.2) is 0 Å². The number of ether oxygens (including phenoxy) is 1. The standard InChI is InChI=1S/C29H58O2/c1-5-7-19-24-28(25-20-8-6-2)31-29(30)26-22-18-16-14-12-10-9-11-13-15-17-21-23-27(3)4/h27-28H,5-26H2,1-4H3. The Balaban J connectivity index is 3.53. The number of esters is 1. The van der Waals surface area contributed by atoms with Crippen molar-refractivity contribution >= 4 is 5.97 Å².